The van der Waals surface area contributed by atoms with E-state index in [0.717, 1.165) is 42.3 Å². The van der Waals surface area contributed by atoms with Crippen molar-refractivity contribution in [3.63, 3.8) is 0 Å². The molecule has 2 aromatic rings. The highest BCUT2D eigenvalue weighted by Gasteiger charge is 2.33. The minimum Gasteiger partial charge on any atom is -0.454 e. The Bertz CT molecular complexity index is 756. The van der Waals surface area contributed by atoms with E-state index in [1.54, 1.807) is 0 Å². The molecule has 2 atom stereocenters. The van der Waals surface area contributed by atoms with Crippen LogP contribution in [0, 0.1) is 13.8 Å². The van der Waals surface area contributed by atoms with E-state index in [1.807, 2.05) is 23.9 Å². The summed E-state index contributed by atoms with van der Waals surface area (Å²) >= 11 is 0. The Morgan fingerprint density at radius 3 is 2.96 bits per heavy atom. The van der Waals surface area contributed by atoms with Gasteiger partial charge in [0, 0.05) is 43.1 Å². The molecule has 4 rings (SSSR count). The summed E-state index contributed by atoms with van der Waals surface area (Å²) in [4.78, 5) is 0. The van der Waals surface area contributed by atoms with Gasteiger partial charge < -0.3 is 19.5 Å². The van der Waals surface area contributed by atoms with Crippen LogP contribution in [0.25, 0.3) is 0 Å². The molecule has 0 unspecified atom stereocenters. The van der Waals surface area contributed by atoms with Gasteiger partial charge in [0.05, 0.1) is 5.69 Å². The summed E-state index contributed by atoms with van der Waals surface area (Å²) in [6, 6.07) is 6.29. The second-order valence-electron chi connectivity index (χ2n) is 6.43. The molecule has 2 aliphatic rings. The van der Waals surface area contributed by atoms with Crippen molar-refractivity contribution in [2.24, 2.45) is 7.05 Å². The summed E-state index contributed by atoms with van der Waals surface area (Å²) in [5.74, 6) is 1.68. The normalized spacial score (nSPS) is 22.3. The lowest BCUT2D eigenvalue weighted by Gasteiger charge is -2.21. The molecule has 128 valence electrons. The predicted molar refractivity (Wildman–Crippen MR) is 89.2 cm³/mol. The van der Waals surface area contributed by atoms with Gasteiger partial charge in [0.2, 0.25) is 6.79 Å². The molecule has 0 spiro atoms. The molecule has 0 bridgehead atoms. The Morgan fingerprint density at radius 2 is 2.17 bits per heavy atom. The van der Waals surface area contributed by atoms with Gasteiger partial charge in [-0.3, -0.25) is 4.68 Å². The van der Waals surface area contributed by atoms with Crippen LogP contribution in [0.3, 0.4) is 0 Å². The van der Waals surface area contributed by atoms with Crippen LogP contribution >= 0.6 is 0 Å². The summed E-state index contributed by atoms with van der Waals surface area (Å²) < 4.78 is 19.0. The molecule has 1 saturated heterocycles. The largest absolute Gasteiger partial charge is 0.454 e. The average Bonchev–Trinajstić information content (AvgIpc) is 3.26. The molecule has 2 aliphatic heterocycles. The minimum atomic E-state index is 0.0487. The molecular formula is C18H23N3O3. The quantitative estimate of drug-likeness (QED) is 0.933. The zero-order chi connectivity index (χ0) is 16.7. The maximum Gasteiger partial charge on any atom is 0.231 e. The van der Waals surface area contributed by atoms with E-state index < -0.39 is 0 Å². The van der Waals surface area contributed by atoms with Gasteiger partial charge in [-0.2, -0.15) is 5.10 Å². The molecule has 1 fully saturated rings. The van der Waals surface area contributed by atoms with E-state index in [-0.39, 0.29) is 12.1 Å². The van der Waals surface area contributed by atoms with Crippen LogP contribution in [-0.2, 0) is 18.3 Å². The molecule has 6 nitrogen and oxygen atoms in total. The summed E-state index contributed by atoms with van der Waals surface area (Å²) in [5.41, 5.74) is 4.55. The first kappa shape index (κ1) is 15.5. The maximum absolute atomic E-state index is 6.04. The van der Waals surface area contributed by atoms with Crippen molar-refractivity contribution in [3.8, 4) is 11.5 Å². The van der Waals surface area contributed by atoms with E-state index in [4.69, 9.17) is 14.2 Å². The third-order valence-corrected chi connectivity index (χ3v) is 4.97. The van der Waals surface area contributed by atoms with Crippen molar-refractivity contribution >= 4 is 0 Å². The molecule has 6 heteroatoms. The molecule has 0 amide bonds. The number of rotatable bonds is 4. The Kier molecular flexibility index (Phi) is 3.94. The van der Waals surface area contributed by atoms with Crippen molar-refractivity contribution < 1.29 is 14.2 Å². The average molecular weight is 329 g/mol. The number of hydrogen-bond donors (Lipinski definition) is 1. The van der Waals surface area contributed by atoms with Crippen molar-refractivity contribution in [2.75, 3.05) is 13.4 Å². The van der Waals surface area contributed by atoms with Crippen LogP contribution in [0.2, 0.25) is 0 Å². The van der Waals surface area contributed by atoms with Gasteiger partial charge in [0.15, 0.2) is 11.5 Å². The molecule has 3 heterocycles. The molecular weight excluding hydrogens is 306 g/mol. The van der Waals surface area contributed by atoms with E-state index in [1.165, 1.54) is 11.3 Å². The van der Waals surface area contributed by atoms with Crippen LogP contribution in [0.5, 0.6) is 11.5 Å². The summed E-state index contributed by atoms with van der Waals surface area (Å²) in [7, 11) is 1.98. The lowest BCUT2D eigenvalue weighted by Crippen LogP contribution is -2.31. The first-order valence-electron chi connectivity index (χ1n) is 8.37. The van der Waals surface area contributed by atoms with Crippen molar-refractivity contribution in [3.05, 3.63) is 40.7 Å². The summed E-state index contributed by atoms with van der Waals surface area (Å²) in [6.45, 7) is 5.95. The number of hydrogen-bond acceptors (Lipinski definition) is 5. The zero-order valence-corrected chi connectivity index (χ0v) is 14.3. The lowest BCUT2D eigenvalue weighted by molar-refractivity contribution is 0.0973. The van der Waals surface area contributed by atoms with E-state index in [0.29, 0.717) is 6.79 Å². The maximum atomic E-state index is 6.04. The molecule has 24 heavy (non-hydrogen) atoms. The van der Waals surface area contributed by atoms with Crippen LogP contribution < -0.4 is 14.8 Å². The fourth-order valence-electron chi connectivity index (χ4n) is 3.66. The number of aromatic nitrogens is 2. The highest BCUT2D eigenvalue weighted by Crippen LogP contribution is 2.37. The molecule has 0 saturated carbocycles. The van der Waals surface area contributed by atoms with Crippen LogP contribution in [0.1, 0.15) is 35.0 Å². The second kappa shape index (κ2) is 6.11. The van der Waals surface area contributed by atoms with Gasteiger partial charge in [-0.1, -0.05) is 12.1 Å². The van der Waals surface area contributed by atoms with E-state index in [9.17, 15) is 0 Å². The Morgan fingerprint density at radius 1 is 1.29 bits per heavy atom. The van der Waals surface area contributed by atoms with Crippen molar-refractivity contribution in [2.45, 2.75) is 39.0 Å². The minimum absolute atomic E-state index is 0.0487. The number of benzene rings is 1. The van der Waals surface area contributed by atoms with Gasteiger partial charge in [0.25, 0.3) is 0 Å². The number of para-hydroxylation sites is 1. The Labute approximate surface area is 141 Å². The Balaban J connectivity index is 1.51. The zero-order valence-electron chi connectivity index (χ0n) is 14.3. The number of nitrogens with one attached hydrogen (secondary N) is 1. The highest BCUT2D eigenvalue weighted by atomic mass is 16.7. The fourth-order valence-corrected chi connectivity index (χ4v) is 3.66. The van der Waals surface area contributed by atoms with Crippen LogP contribution in [0.15, 0.2) is 18.2 Å². The second-order valence-corrected chi connectivity index (χ2v) is 6.43. The molecule has 1 aromatic heterocycles. The van der Waals surface area contributed by atoms with Crippen molar-refractivity contribution in [1.82, 2.24) is 15.1 Å². The third kappa shape index (κ3) is 2.56. The van der Waals surface area contributed by atoms with Crippen LogP contribution in [0.4, 0.5) is 0 Å². The lowest BCUT2D eigenvalue weighted by atomic mass is 10.00. The molecule has 0 radical (unpaired) electrons. The smallest absolute Gasteiger partial charge is 0.231 e. The first-order valence-corrected chi connectivity index (χ1v) is 8.37. The number of ether oxygens (including phenoxy) is 3. The first-order chi connectivity index (χ1) is 11.6. The van der Waals surface area contributed by atoms with Crippen molar-refractivity contribution in [1.29, 1.82) is 0 Å². The molecule has 1 aromatic carbocycles. The topological polar surface area (TPSA) is 57.5 Å². The van der Waals surface area contributed by atoms with Gasteiger partial charge in [-0.25, -0.2) is 0 Å². The standard InChI is InChI=1S/C18H23N3O3/c1-11-16(12(2)21(3)20-11)18-14(7-8-22-18)19-9-13-5-4-6-15-17(13)24-10-23-15/h4-6,14,18-19H,7-10H2,1-3H3/t14-,18-/m0/s1. The van der Waals surface area contributed by atoms with Gasteiger partial charge in [0.1, 0.15) is 6.10 Å². The fraction of sp³-hybridized carbons (Fsp3) is 0.500. The van der Waals surface area contributed by atoms with E-state index in [2.05, 4.69) is 30.3 Å². The van der Waals surface area contributed by atoms with Crippen LogP contribution in [-0.4, -0.2) is 29.2 Å². The van der Waals surface area contributed by atoms with Gasteiger partial charge in [-0.05, 0) is 26.3 Å². The van der Waals surface area contributed by atoms with Gasteiger partial charge >= 0.3 is 0 Å². The van der Waals surface area contributed by atoms with Gasteiger partial charge in [-0.15, -0.1) is 0 Å². The monoisotopic (exact) mass is 329 g/mol. The Hall–Kier alpha value is -2.05. The van der Waals surface area contributed by atoms with E-state index >= 15 is 0 Å². The SMILES string of the molecule is Cc1nn(C)c(C)c1[C@H]1OCC[C@@H]1NCc1cccc2c1OCO2. The third-order valence-electron chi connectivity index (χ3n) is 4.97. The number of fused-ring (bicyclic) bond motifs is 1. The summed E-state index contributed by atoms with van der Waals surface area (Å²) in [6.07, 6.45) is 1.04. The molecule has 0 aliphatic carbocycles. The predicted octanol–water partition coefficient (Wildman–Crippen LogP) is 2.39. The number of aryl methyl sites for hydroxylation is 2. The number of nitrogens with zero attached hydrogens (tertiary/aromatic N) is 2. The molecule has 1 N–H and O–H groups in total. The summed E-state index contributed by atoms with van der Waals surface area (Å²) in [5, 5.41) is 8.17. The highest BCUT2D eigenvalue weighted by molar-refractivity contribution is 5.48.